The van der Waals surface area contributed by atoms with Crippen molar-refractivity contribution in [3.63, 3.8) is 0 Å². The van der Waals surface area contributed by atoms with Gasteiger partial charge in [0, 0.05) is 24.9 Å². The molecule has 102 valence electrons. The van der Waals surface area contributed by atoms with Gasteiger partial charge in [-0.1, -0.05) is 30.3 Å². The molecule has 0 bridgehead atoms. The van der Waals surface area contributed by atoms with Crippen molar-refractivity contribution in [2.45, 2.75) is 25.7 Å². The number of hydrogen-bond donors (Lipinski definition) is 1. The van der Waals surface area contributed by atoms with Gasteiger partial charge in [-0.15, -0.1) is 0 Å². The molecule has 3 nitrogen and oxygen atoms in total. The summed E-state index contributed by atoms with van der Waals surface area (Å²) < 4.78 is 0. The summed E-state index contributed by atoms with van der Waals surface area (Å²) in [6, 6.07) is 10.3. The van der Waals surface area contributed by atoms with E-state index >= 15 is 0 Å². The molecule has 0 radical (unpaired) electrons. The first-order valence-electron chi connectivity index (χ1n) is 7.30. The van der Waals surface area contributed by atoms with Crippen LogP contribution in [0, 0.1) is 5.41 Å². The monoisotopic (exact) mass is 258 g/mol. The number of aryl methyl sites for hydroxylation is 1. The van der Waals surface area contributed by atoms with Crippen LogP contribution in [-0.2, 0) is 11.2 Å². The fraction of sp³-hybridized carbons (Fsp3) is 0.562. The Kier molecular flexibility index (Phi) is 3.56. The molecule has 2 aliphatic heterocycles. The molecule has 3 heteroatoms. The van der Waals surface area contributed by atoms with Crippen molar-refractivity contribution in [2.75, 3.05) is 26.2 Å². The summed E-state index contributed by atoms with van der Waals surface area (Å²) in [5, 5.41) is 3.40. The largest absolute Gasteiger partial charge is 0.341 e. The van der Waals surface area contributed by atoms with E-state index in [2.05, 4.69) is 17.4 Å². The van der Waals surface area contributed by atoms with Gasteiger partial charge in [-0.2, -0.15) is 0 Å². The number of nitrogens with one attached hydrogen (secondary N) is 1. The molecule has 2 saturated heterocycles. The second kappa shape index (κ2) is 5.33. The third-order valence-corrected chi connectivity index (χ3v) is 4.54. The van der Waals surface area contributed by atoms with Gasteiger partial charge in [0.15, 0.2) is 0 Å². The van der Waals surface area contributed by atoms with Crippen molar-refractivity contribution < 1.29 is 4.79 Å². The Labute approximate surface area is 115 Å². The molecule has 2 fully saturated rings. The number of amides is 1. The van der Waals surface area contributed by atoms with Crippen LogP contribution in [-0.4, -0.2) is 37.0 Å². The molecule has 1 spiro atoms. The molecule has 19 heavy (non-hydrogen) atoms. The lowest BCUT2D eigenvalue weighted by atomic mass is 9.72. The number of benzene rings is 1. The molecule has 1 aromatic carbocycles. The highest BCUT2D eigenvalue weighted by molar-refractivity contribution is 5.77. The first-order valence-corrected chi connectivity index (χ1v) is 7.30. The third-order valence-electron chi connectivity index (χ3n) is 4.54. The van der Waals surface area contributed by atoms with Crippen LogP contribution in [0.3, 0.4) is 0 Å². The van der Waals surface area contributed by atoms with Crippen LogP contribution >= 0.6 is 0 Å². The van der Waals surface area contributed by atoms with Crippen molar-refractivity contribution in [1.29, 1.82) is 0 Å². The minimum Gasteiger partial charge on any atom is -0.341 e. The van der Waals surface area contributed by atoms with E-state index in [0.717, 1.165) is 32.6 Å². The molecule has 2 aliphatic rings. The Bertz CT molecular complexity index is 429. The predicted octanol–water partition coefficient (Wildman–Crippen LogP) is 1.83. The number of likely N-dealkylation sites (tertiary alicyclic amines) is 1. The third kappa shape index (κ3) is 2.81. The summed E-state index contributed by atoms with van der Waals surface area (Å²) in [5.41, 5.74) is 1.71. The van der Waals surface area contributed by atoms with E-state index in [4.69, 9.17) is 0 Å². The summed E-state index contributed by atoms with van der Waals surface area (Å²) >= 11 is 0. The molecule has 0 saturated carbocycles. The molecule has 1 N–H and O–H groups in total. The van der Waals surface area contributed by atoms with Gasteiger partial charge < -0.3 is 10.2 Å². The van der Waals surface area contributed by atoms with Crippen LogP contribution in [0.1, 0.15) is 24.8 Å². The van der Waals surface area contributed by atoms with Crippen molar-refractivity contribution in [3.05, 3.63) is 35.9 Å². The van der Waals surface area contributed by atoms with Crippen LogP contribution in [0.4, 0.5) is 0 Å². The minimum atomic E-state index is 0.327. The summed E-state index contributed by atoms with van der Waals surface area (Å²) in [7, 11) is 0. The molecule has 1 aromatic rings. The fourth-order valence-electron chi connectivity index (χ4n) is 3.27. The zero-order valence-corrected chi connectivity index (χ0v) is 11.4. The van der Waals surface area contributed by atoms with Gasteiger partial charge in [0.2, 0.25) is 5.91 Å². The Morgan fingerprint density at radius 1 is 1.16 bits per heavy atom. The molecule has 0 unspecified atom stereocenters. The number of hydrogen-bond acceptors (Lipinski definition) is 2. The first kappa shape index (κ1) is 12.7. The second-order valence-corrected chi connectivity index (χ2v) is 5.99. The lowest BCUT2D eigenvalue weighted by Gasteiger charge is -2.52. The standard InChI is InChI=1S/C16H22N2O/c19-15(7-6-14-4-2-1-3-5-14)18-12-16(13-18)8-10-17-11-9-16/h1-5,17H,6-13H2. The maximum atomic E-state index is 12.1. The van der Waals surface area contributed by atoms with E-state index < -0.39 is 0 Å². The molecular formula is C16H22N2O. The Morgan fingerprint density at radius 3 is 2.53 bits per heavy atom. The van der Waals surface area contributed by atoms with Crippen LogP contribution in [0.5, 0.6) is 0 Å². The SMILES string of the molecule is O=C(CCc1ccccc1)N1CC2(CCNCC2)C1. The van der Waals surface area contributed by atoms with Gasteiger partial charge in [0.05, 0.1) is 0 Å². The van der Waals surface area contributed by atoms with Crippen LogP contribution < -0.4 is 5.32 Å². The van der Waals surface area contributed by atoms with Gasteiger partial charge in [0.25, 0.3) is 0 Å². The lowest BCUT2D eigenvalue weighted by Crippen LogP contribution is -2.61. The Morgan fingerprint density at radius 2 is 1.84 bits per heavy atom. The average Bonchev–Trinajstić information content (AvgIpc) is 2.44. The molecule has 3 rings (SSSR count). The zero-order chi connectivity index (χ0) is 13.1. The molecule has 0 aromatic heterocycles. The van der Waals surface area contributed by atoms with Crippen molar-refractivity contribution >= 4 is 5.91 Å². The molecule has 2 heterocycles. The quantitative estimate of drug-likeness (QED) is 0.897. The van der Waals surface area contributed by atoms with Crippen LogP contribution in [0.2, 0.25) is 0 Å². The predicted molar refractivity (Wildman–Crippen MR) is 75.9 cm³/mol. The minimum absolute atomic E-state index is 0.327. The summed E-state index contributed by atoms with van der Waals surface area (Å²) in [4.78, 5) is 14.2. The van der Waals surface area contributed by atoms with Gasteiger partial charge >= 0.3 is 0 Å². The first-order chi connectivity index (χ1) is 9.27. The lowest BCUT2D eigenvalue weighted by molar-refractivity contribution is -0.145. The zero-order valence-electron chi connectivity index (χ0n) is 11.4. The maximum Gasteiger partial charge on any atom is 0.222 e. The number of nitrogens with zero attached hydrogens (tertiary/aromatic N) is 1. The Balaban J connectivity index is 1.45. The van der Waals surface area contributed by atoms with Gasteiger partial charge in [-0.05, 0) is 37.9 Å². The van der Waals surface area contributed by atoms with E-state index in [1.165, 1.54) is 18.4 Å². The molecule has 0 aliphatic carbocycles. The normalized spacial score (nSPS) is 21.2. The Hall–Kier alpha value is -1.35. The second-order valence-electron chi connectivity index (χ2n) is 5.99. The van der Waals surface area contributed by atoms with E-state index in [-0.39, 0.29) is 0 Å². The summed E-state index contributed by atoms with van der Waals surface area (Å²) in [6.07, 6.45) is 3.98. The van der Waals surface area contributed by atoms with Crippen LogP contribution in [0.15, 0.2) is 30.3 Å². The van der Waals surface area contributed by atoms with E-state index in [9.17, 15) is 4.79 Å². The summed E-state index contributed by atoms with van der Waals surface area (Å²) in [5.74, 6) is 0.327. The highest BCUT2D eigenvalue weighted by Gasteiger charge is 2.44. The van der Waals surface area contributed by atoms with E-state index in [0.29, 0.717) is 17.7 Å². The highest BCUT2D eigenvalue weighted by Crippen LogP contribution is 2.38. The van der Waals surface area contributed by atoms with Crippen molar-refractivity contribution in [1.82, 2.24) is 10.2 Å². The topological polar surface area (TPSA) is 32.3 Å². The molecular weight excluding hydrogens is 236 g/mol. The van der Waals surface area contributed by atoms with E-state index in [1.54, 1.807) is 0 Å². The van der Waals surface area contributed by atoms with Gasteiger partial charge in [-0.3, -0.25) is 4.79 Å². The van der Waals surface area contributed by atoms with Gasteiger partial charge in [0.1, 0.15) is 0 Å². The van der Waals surface area contributed by atoms with Crippen molar-refractivity contribution in [2.24, 2.45) is 5.41 Å². The van der Waals surface area contributed by atoms with E-state index in [1.807, 2.05) is 23.1 Å². The van der Waals surface area contributed by atoms with Crippen LogP contribution in [0.25, 0.3) is 0 Å². The highest BCUT2D eigenvalue weighted by atomic mass is 16.2. The number of rotatable bonds is 3. The fourth-order valence-corrected chi connectivity index (χ4v) is 3.27. The average molecular weight is 258 g/mol. The molecule has 1 amide bonds. The van der Waals surface area contributed by atoms with Crippen molar-refractivity contribution in [3.8, 4) is 0 Å². The number of carbonyl (C=O) groups excluding carboxylic acids is 1. The summed E-state index contributed by atoms with van der Waals surface area (Å²) in [6.45, 7) is 4.21. The van der Waals surface area contributed by atoms with Gasteiger partial charge in [-0.25, -0.2) is 0 Å². The maximum absolute atomic E-state index is 12.1. The molecule has 0 atom stereocenters. The number of carbonyl (C=O) groups is 1. The number of piperidine rings is 1. The smallest absolute Gasteiger partial charge is 0.222 e.